The van der Waals surface area contributed by atoms with Gasteiger partial charge in [0, 0.05) is 45.1 Å². The van der Waals surface area contributed by atoms with E-state index in [-0.39, 0.29) is 11.8 Å². The molecule has 1 amide bonds. The summed E-state index contributed by atoms with van der Waals surface area (Å²) in [5, 5.41) is 4.08. The van der Waals surface area contributed by atoms with Crippen LogP contribution < -0.4 is 0 Å². The third kappa shape index (κ3) is 3.66. The predicted molar refractivity (Wildman–Crippen MR) is 80.4 cm³/mol. The molecule has 1 aromatic heterocycles. The van der Waals surface area contributed by atoms with Crippen molar-refractivity contribution in [3.63, 3.8) is 0 Å². The zero-order valence-electron chi connectivity index (χ0n) is 13.3. The van der Waals surface area contributed by atoms with Gasteiger partial charge in [0.2, 0.25) is 11.8 Å². The van der Waals surface area contributed by atoms with E-state index in [9.17, 15) is 4.79 Å². The van der Waals surface area contributed by atoms with Crippen LogP contribution in [0.4, 0.5) is 0 Å². The van der Waals surface area contributed by atoms with Gasteiger partial charge < -0.3 is 14.2 Å². The molecule has 0 aromatic carbocycles. The highest BCUT2D eigenvalue weighted by Crippen LogP contribution is 2.27. The van der Waals surface area contributed by atoms with Crippen molar-refractivity contribution in [2.45, 2.75) is 51.4 Å². The van der Waals surface area contributed by atoms with Gasteiger partial charge in [0.25, 0.3) is 0 Å². The number of aromatic nitrogens is 2. The molecule has 0 bridgehead atoms. The van der Waals surface area contributed by atoms with Gasteiger partial charge in [0.05, 0.1) is 0 Å². The Morgan fingerprint density at radius 2 is 2.14 bits per heavy atom. The number of likely N-dealkylation sites (tertiary alicyclic amines) is 1. The Morgan fingerprint density at radius 3 is 2.86 bits per heavy atom. The molecular weight excluding hydrogens is 282 g/mol. The van der Waals surface area contributed by atoms with E-state index in [1.54, 1.807) is 0 Å². The highest BCUT2D eigenvalue weighted by Gasteiger charge is 2.29. The zero-order chi connectivity index (χ0) is 15.4. The third-order valence-corrected chi connectivity index (χ3v) is 4.73. The van der Waals surface area contributed by atoms with E-state index < -0.39 is 0 Å². The first-order chi connectivity index (χ1) is 10.8. The SMILES string of the molecule is CCc1nc(C2CCCN(C(=O)CC3CCOCC3)C2)no1. The number of amides is 1. The predicted octanol–water partition coefficient (Wildman–Crippen LogP) is 2.15. The molecule has 2 aliphatic heterocycles. The van der Waals surface area contributed by atoms with Crippen LogP contribution in [0, 0.1) is 5.92 Å². The monoisotopic (exact) mass is 307 g/mol. The van der Waals surface area contributed by atoms with Crippen molar-refractivity contribution in [3.8, 4) is 0 Å². The van der Waals surface area contributed by atoms with Gasteiger partial charge in [-0.1, -0.05) is 12.1 Å². The number of carbonyl (C=O) groups is 1. The molecule has 1 unspecified atom stereocenters. The molecule has 1 aromatic rings. The van der Waals surface area contributed by atoms with E-state index in [1.807, 2.05) is 11.8 Å². The lowest BCUT2D eigenvalue weighted by Gasteiger charge is -2.33. The molecule has 1 atom stereocenters. The fourth-order valence-corrected chi connectivity index (χ4v) is 3.32. The molecule has 0 aliphatic carbocycles. The summed E-state index contributed by atoms with van der Waals surface area (Å²) in [4.78, 5) is 18.9. The number of hydrogen-bond donors (Lipinski definition) is 0. The van der Waals surface area contributed by atoms with Crippen LogP contribution in [-0.2, 0) is 16.0 Å². The van der Waals surface area contributed by atoms with Crippen LogP contribution in [0.25, 0.3) is 0 Å². The molecule has 3 heterocycles. The largest absolute Gasteiger partial charge is 0.381 e. The van der Waals surface area contributed by atoms with Crippen LogP contribution >= 0.6 is 0 Å². The summed E-state index contributed by atoms with van der Waals surface area (Å²) < 4.78 is 10.6. The van der Waals surface area contributed by atoms with Gasteiger partial charge in [-0.25, -0.2) is 0 Å². The minimum absolute atomic E-state index is 0.219. The Kier molecular flexibility index (Phi) is 5.08. The average Bonchev–Trinajstić information content (AvgIpc) is 3.05. The van der Waals surface area contributed by atoms with Crippen LogP contribution in [0.1, 0.15) is 56.7 Å². The molecule has 122 valence electrons. The van der Waals surface area contributed by atoms with Crippen LogP contribution in [0.3, 0.4) is 0 Å². The quantitative estimate of drug-likeness (QED) is 0.852. The van der Waals surface area contributed by atoms with E-state index in [0.29, 0.717) is 18.2 Å². The summed E-state index contributed by atoms with van der Waals surface area (Å²) in [5.74, 6) is 2.42. The Labute approximate surface area is 131 Å². The lowest BCUT2D eigenvalue weighted by molar-refractivity contribution is -0.134. The lowest BCUT2D eigenvalue weighted by atomic mass is 9.93. The van der Waals surface area contributed by atoms with Crippen molar-refractivity contribution in [2.75, 3.05) is 26.3 Å². The zero-order valence-corrected chi connectivity index (χ0v) is 13.3. The highest BCUT2D eigenvalue weighted by molar-refractivity contribution is 5.76. The molecule has 2 aliphatic rings. The molecule has 2 saturated heterocycles. The Hall–Kier alpha value is -1.43. The van der Waals surface area contributed by atoms with Gasteiger partial charge >= 0.3 is 0 Å². The number of piperidine rings is 1. The van der Waals surface area contributed by atoms with Crippen molar-refractivity contribution in [2.24, 2.45) is 5.92 Å². The van der Waals surface area contributed by atoms with Crippen LogP contribution in [0.2, 0.25) is 0 Å². The van der Waals surface area contributed by atoms with Crippen molar-refractivity contribution < 1.29 is 14.1 Å². The number of rotatable bonds is 4. The smallest absolute Gasteiger partial charge is 0.226 e. The summed E-state index contributed by atoms with van der Waals surface area (Å²) in [7, 11) is 0. The van der Waals surface area contributed by atoms with Crippen LogP contribution in [0.5, 0.6) is 0 Å². The maximum absolute atomic E-state index is 12.5. The number of ether oxygens (including phenoxy) is 1. The third-order valence-electron chi connectivity index (χ3n) is 4.73. The van der Waals surface area contributed by atoms with Gasteiger partial charge in [-0.3, -0.25) is 4.79 Å². The molecule has 0 saturated carbocycles. The van der Waals surface area contributed by atoms with Gasteiger partial charge in [-0.2, -0.15) is 4.98 Å². The molecule has 2 fully saturated rings. The summed E-state index contributed by atoms with van der Waals surface area (Å²) in [6, 6.07) is 0. The molecule has 6 nitrogen and oxygen atoms in total. The van der Waals surface area contributed by atoms with Crippen molar-refractivity contribution in [1.82, 2.24) is 15.0 Å². The molecule has 0 spiro atoms. The van der Waals surface area contributed by atoms with E-state index in [1.165, 1.54) is 0 Å². The van der Waals surface area contributed by atoms with Crippen molar-refractivity contribution in [1.29, 1.82) is 0 Å². The Bertz CT molecular complexity index is 497. The number of aryl methyl sites for hydroxylation is 1. The normalized spacial score (nSPS) is 23.7. The van der Waals surface area contributed by atoms with E-state index in [0.717, 1.165) is 64.2 Å². The fraction of sp³-hybridized carbons (Fsp3) is 0.812. The van der Waals surface area contributed by atoms with E-state index >= 15 is 0 Å². The lowest BCUT2D eigenvalue weighted by Crippen LogP contribution is -2.40. The summed E-state index contributed by atoms with van der Waals surface area (Å²) in [6.45, 7) is 5.18. The Balaban J connectivity index is 1.56. The van der Waals surface area contributed by atoms with Crippen LogP contribution in [0.15, 0.2) is 4.52 Å². The maximum atomic E-state index is 12.5. The first-order valence-electron chi connectivity index (χ1n) is 8.44. The second-order valence-electron chi connectivity index (χ2n) is 6.34. The number of nitrogens with zero attached hydrogens (tertiary/aromatic N) is 3. The van der Waals surface area contributed by atoms with Gasteiger partial charge in [0.1, 0.15) is 0 Å². The fourth-order valence-electron chi connectivity index (χ4n) is 3.32. The van der Waals surface area contributed by atoms with E-state index in [2.05, 4.69) is 10.1 Å². The molecule has 6 heteroatoms. The van der Waals surface area contributed by atoms with Crippen molar-refractivity contribution in [3.05, 3.63) is 11.7 Å². The highest BCUT2D eigenvalue weighted by atomic mass is 16.5. The van der Waals surface area contributed by atoms with Crippen molar-refractivity contribution >= 4 is 5.91 Å². The second kappa shape index (κ2) is 7.22. The molecule has 22 heavy (non-hydrogen) atoms. The summed E-state index contributed by atoms with van der Waals surface area (Å²) in [5.41, 5.74) is 0. The number of hydrogen-bond acceptors (Lipinski definition) is 5. The maximum Gasteiger partial charge on any atom is 0.226 e. The van der Waals surface area contributed by atoms with E-state index in [4.69, 9.17) is 9.26 Å². The molecule has 3 rings (SSSR count). The summed E-state index contributed by atoms with van der Waals surface area (Å²) in [6.07, 6.45) is 5.47. The topological polar surface area (TPSA) is 68.5 Å². The molecule has 0 radical (unpaired) electrons. The average molecular weight is 307 g/mol. The first-order valence-corrected chi connectivity index (χ1v) is 8.44. The molecule has 0 N–H and O–H groups in total. The van der Waals surface area contributed by atoms with Gasteiger partial charge in [0.15, 0.2) is 5.82 Å². The van der Waals surface area contributed by atoms with Gasteiger partial charge in [-0.05, 0) is 31.6 Å². The molecular formula is C16H25N3O3. The minimum atomic E-state index is 0.219. The number of carbonyl (C=O) groups excluding carboxylic acids is 1. The summed E-state index contributed by atoms with van der Waals surface area (Å²) >= 11 is 0. The van der Waals surface area contributed by atoms with Gasteiger partial charge in [-0.15, -0.1) is 0 Å². The minimum Gasteiger partial charge on any atom is -0.381 e. The standard InChI is InChI=1S/C16H25N3O3/c1-2-14-17-16(18-22-14)13-4-3-7-19(11-13)15(20)10-12-5-8-21-9-6-12/h12-13H,2-11H2,1H3. The first kappa shape index (κ1) is 15.5. The second-order valence-corrected chi connectivity index (χ2v) is 6.34. The Morgan fingerprint density at radius 1 is 1.32 bits per heavy atom. The van der Waals surface area contributed by atoms with Crippen LogP contribution in [-0.4, -0.2) is 47.3 Å².